The number of hydrogen-bond donors (Lipinski definition) is 1. The maximum atomic E-state index is 10.5. The van der Waals surface area contributed by atoms with E-state index in [-0.39, 0.29) is 16.3 Å². The molecule has 0 fully saturated rings. The number of carbonyl (C=O) groups is 1. The number of nitro benzene ring substituents is 1. The Kier molecular flexibility index (Phi) is 3.49. The molecule has 1 atom stereocenters. The van der Waals surface area contributed by atoms with Crippen molar-refractivity contribution in [2.24, 2.45) is 0 Å². The van der Waals surface area contributed by atoms with Crippen LogP contribution in [0.5, 0.6) is 0 Å². The lowest BCUT2D eigenvalue weighted by molar-refractivity contribution is -0.384. The van der Waals surface area contributed by atoms with E-state index in [0.29, 0.717) is 0 Å². The first-order valence-electron chi connectivity index (χ1n) is 3.74. The first-order valence-corrected chi connectivity index (χ1v) is 4.55. The van der Waals surface area contributed by atoms with Gasteiger partial charge in [-0.1, -0.05) is 17.7 Å². The van der Waals surface area contributed by atoms with Crippen LogP contribution in [0.15, 0.2) is 18.2 Å². The molecular formula is C8H5Cl2NO4. The highest BCUT2D eigenvalue weighted by molar-refractivity contribution is 6.33. The van der Waals surface area contributed by atoms with E-state index < -0.39 is 16.3 Å². The number of nitro groups is 1. The van der Waals surface area contributed by atoms with Gasteiger partial charge in [-0.15, -0.1) is 11.6 Å². The normalized spacial score (nSPS) is 12.1. The molecule has 0 heterocycles. The van der Waals surface area contributed by atoms with Crippen LogP contribution in [0.25, 0.3) is 0 Å². The van der Waals surface area contributed by atoms with Crippen molar-refractivity contribution in [3.63, 3.8) is 0 Å². The molecule has 0 bridgehead atoms. The quantitative estimate of drug-likeness (QED) is 0.507. The largest absolute Gasteiger partial charge is 0.480 e. The first kappa shape index (κ1) is 11.7. The Morgan fingerprint density at radius 1 is 1.53 bits per heavy atom. The number of alkyl halides is 1. The molecule has 0 saturated heterocycles. The van der Waals surface area contributed by atoms with Crippen LogP contribution in [0.2, 0.25) is 5.02 Å². The minimum Gasteiger partial charge on any atom is -0.480 e. The molecule has 15 heavy (non-hydrogen) atoms. The van der Waals surface area contributed by atoms with Gasteiger partial charge in [0.05, 0.1) is 4.92 Å². The van der Waals surface area contributed by atoms with Crippen molar-refractivity contribution in [1.82, 2.24) is 0 Å². The number of benzene rings is 1. The van der Waals surface area contributed by atoms with Gasteiger partial charge in [0.25, 0.3) is 5.69 Å². The molecule has 0 aromatic heterocycles. The Labute approximate surface area is 94.4 Å². The fourth-order valence-corrected chi connectivity index (χ4v) is 1.29. The van der Waals surface area contributed by atoms with Crippen molar-refractivity contribution in [3.05, 3.63) is 38.9 Å². The molecule has 0 spiro atoms. The Morgan fingerprint density at radius 3 is 2.60 bits per heavy atom. The van der Waals surface area contributed by atoms with Crippen LogP contribution in [0, 0.1) is 10.1 Å². The Morgan fingerprint density at radius 2 is 2.13 bits per heavy atom. The van der Waals surface area contributed by atoms with E-state index in [1.54, 1.807) is 0 Å². The predicted octanol–water partition coefficient (Wildman–Crippen LogP) is 2.61. The van der Waals surface area contributed by atoms with E-state index in [2.05, 4.69) is 0 Å². The van der Waals surface area contributed by atoms with Gasteiger partial charge in [0.15, 0.2) is 5.38 Å². The van der Waals surface area contributed by atoms with Gasteiger partial charge in [0.1, 0.15) is 5.02 Å². The standard InChI is InChI=1S/C8H5Cl2NO4/c9-5-2-1-4(7(10)8(12)13)3-6(5)11(14)15/h1-3,7H,(H,12,13). The van der Waals surface area contributed by atoms with E-state index in [1.165, 1.54) is 12.1 Å². The number of aliphatic carboxylic acids is 1. The Bertz CT molecular complexity index is 421. The van der Waals surface area contributed by atoms with Gasteiger partial charge in [0.2, 0.25) is 0 Å². The van der Waals surface area contributed by atoms with Crippen LogP contribution in [-0.4, -0.2) is 16.0 Å². The molecule has 7 heteroatoms. The zero-order valence-corrected chi connectivity index (χ0v) is 8.70. The number of hydrogen-bond acceptors (Lipinski definition) is 3. The van der Waals surface area contributed by atoms with E-state index in [1.807, 2.05) is 0 Å². The minimum absolute atomic E-state index is 0.0574. The van der Waals surface area contributed by atoms with Crippen LogP contribution in [0.1, 0.15) is 10.9 Å². The number of nitrogens with zero attached hydrogens (tertiary/aromatic N) is 1. The second kappa shape index (κ2) is 4.46. The zero-order chi connectivity index (χ0) is 11.6. The predicted molar refractivity (Wildman–Crippen MR) is 54.3 cm³/mol. The number of rotatable bonds is 3. The van der Waals surface area contributed by atoms with Crippen molar-refractivity contribution in [2.75, 3.05) is 0 Å². The summed E-state index contributed by atoms with van der Waals surface area (Å²) in [7, 11) is 0. The maximum Gasteiger partial charge on any atom is 0.326 e. The molecule has 1 N–H and O–H groups in total. The Balaban J connectivity index is 3.18. The lowest BCUT2D eigenvalue weighted by Crippen LogP contribution is -2.05. The van der Waals surface area contributed by atoms with Gasteiger partial charge in [-0.25, -0.2) is 0 Å². The summed E-state index contributed by atoms with van der Waals surface area (Å²) in [6, 6.07) is 3.63. The van der Waals surface area contributed by atoms with Crippen molar-refractivity contribution >= 4 is 34.9 Å². The fraction of sp³-hybridized carbons (Fsp3) is 0.125. The topological polar surface area (TPSA) is 80.4 Å². The molecule has 0 aliphatic heterocycles. The second-order valence-electron chi connectivity index (χ2n) is 2.67. The molecule has 0 aliphatic rings. The average molecular weight is 250 g/mol. The van der Waals surface area contributed by atoms with E-state index in [0.717, 1.165) is 6.07 Å². The van der Waals surface area contributed by atoms with Gasteiger partial charge in [0, 0.05) is 6.07 Å². The minimum atomic E-state index is -1.32. The van der Waals surface area contributed by atoms with E-state index >= 15 is 0 Å². The van der Waals surface area contributed by atoms with Crippen molar-refractivity contribution < 1.29 is 14.8 Å². The molecule has 1 unspecified atom stereocenters. The number of halogens is 2. The highest BCUT2D eigenvalue weighted by Crippen LogP contribution is 2.30. The van der Waals surface area contributed by atoms with Gasteiger partial charge in [-0.05, 0) is 11.6 Å². The van der Waals surface area contributed by atoms with Crippen molar-refractivity contribution in [2.45, 2.75) is 5.38 Å². The average Bonchev–Trinajstić information content (AvgIpc) is 2.16. The third kappa shape index (κ3) is 2.57. The molecular weight excluding hydrogens is 245 g/mol. The van der Waals surface area contributed by atoms with E-state index in [9.17, 15) is 14.9 Å². The fourth-order valence-electron chi connectivity index (χ4n) is 0.970. The zero-order valence-electron chi connectivity index (χ0n) is 7.18. The van der Waals surface area contributed by atoms with Crippen LogP contribution in [-0.2, 0) is 4.79 Å². The third-order valence-electron chi connectivity index (χ3n) is 1.68. The molecule has 1 aromatic carbocycles. The summed E-state index contributed by atoms with van der Waals surface area (Å²) in [5.41, 5.74) is -0.235. The summed E-state index contributed by atoms with van der Waals surface area (Å²) in [5, 5.41) is 17.7. The molecule has 80 valence electrons. The molecule has 0 radical (unpaired) electrons. The molecule has 1 aromatic rings. The van der Waals surface area contributed by atoms with Crippen LogP contribution in [0.4, 0.5) is 5.69 Å². The summed E-state index contributed by atoms with van der Waals surface area (Å²) >= 11 is 11.0. The molecule has 0 aliphatic carbocycles. The van der Waals surface area contributed by atoms with Crippen LogP contribution >= 0.6 is 23.2 Å². The summed E-state index contributed by atoms with van der Waals surface area (Å²) < 4.78 is 0. The highest BCUT2D eigenvalue weighted by atomic mass is 35.5. The summed E-state index contributed by atoms with van der Waals surface area (Å²) in [6.45, 7) is 0. The van der Waals surface area contributed by atoms with Crippen molar-refractivity contribution in [3.8, 4) is 0 Å². The Hall–Kier alpha value is -1.33. The second-order valence-corrected chi connectivity index (χ2v) is 3.51. The lowest BCUT2D eigenvalue weighted by atomic mass is 10.1. The number of carboxylic acids is 1. The highest BCUT2D eigenvalue weighted by Gasteiger charge is 2.20. The van der Waals surface area contributed by atoms with Crippen LogP contribution < -0.4 is 0 Å². The third-order valence-corrected chi connectivity index (χ3v) is 2.43. The summed E-state index contributed by atoms with van der Waals surface area (Å²) in [6.07, 6.45) is 0. The van der Waals surface area contributed by atoms with Gasteiger partial charge >= 0.3 is 5.97 Å². The number of carboxylic acid groups (broad SMARTS) is 1. The lowest BCUT2D eigenvalue weighted by Gasteiger charge is -2.04. The smallest absolute Gasteiger partial charge is 0.326 e. The van der Waals surface area contributed by atoms with Crippen molar-refractivity contribution in [1.29, 1.82) is 0 Å². The van der Waals surface area contributed by atoms with Gasteiger partial charge < -0.3 is 5.11 Å². The maximum absolute atomic E-state index is 10.5. The molecule has 0 amide bonds. The van der Waals surface area contributed by atoms with Gasteiger partial charge in [-0.2, -0.15) is 0 Å². The van der Waals surface area contributed by atoms with E-state index in [4.69, 9.17) is 28.3 Å². The van der Waals surface area contributed by atoms with Gasteiger partial charge in [-0.3, -0.25) is 14.9 Å². The molecule has 1 rings (SSSR count). The summed E-state index contributed by atoms with van der Waals surface area (Å²) in [5.74, 6) is -1.27. The van der Waals surface area contributed by atoms with Crippen LogP contribution in [0.3, 0.4) is 0 Å². The first-order chi connectivity index (χ1) is 6.93. The molecule has 5 nitrogen and oxygen atoms in total. The monoisotopic (exact) mass is 249 g/mol. The molecule has 0 saturated carbocycles. The summed E-state index contributed by atoms with van der Waals surface area (Å²) in [4.78, 5) is 20.3. The SMILES string of the molecule is O=C(O)C(Cl)c1ccc(Cl)c([N+](=O)[O-])c1.